The molecule has 5 N–H and O–H groups in total. The first-order chi connectivity index (χ1) is 17.4. The van der Waals surface area contributed by atoms with Crippen molar-refractivity contribution >= 4 is 29.3 Å². The van der Waals surface area contributed by atoms with Gasteiger partial charge < -0.3 is 25.8 Å². The number of aromatic nitrogens is 3. The number of amidine groups is 1. The molecule has 1 amide bonds. The summed E-state index contributed by atoms with van der Waals surface area (Å²) >= 11 is 0. The summed E-state index contributed by atoms with van der Waals surface area (Å²) in [4.78, 5) is 28.7. The molecular formula is C25H27N7O4. The number of hydrogen-bond acceptors (Lipinski definition) is 8. The van der Waals surface area contributed by atoms with Gasteiger partial charge in [0.25, 0.3) is 5.91 Å². The zero-order valence-electron chi connectivity index (χ0n) is 19.6. The Morgan fingerprint density at radius 1 is 1.00 bits per heavy atom. The summed E-state index contributed by atoms with van der Waals surface area (Å²) in [6.07, 6.45) is 3.88. The Morgan fingerprint density at radius 2 is 1.64 bits per heavy atom. The van der Waals surface area contributed by atoms with E-state index in [1.165, 1.54) is 24.6 Å². The number of ether oxygens (including phenoxy) is 1. The second-order valence-electron chi connectivity index (χ2n) is 8.39. The highest BCUT2D eigenvalue weighted by Crippen LogP contribution is 2.39. The van der Waals surface area contributed by atoms with Crippen molar-refractivity contribution in [2.45, 2.75) is 18.8 Å². The lowest BCUT2D eigenvalue weighted by molar-refractivity contribution is 0.0303. The average Bonchev–Trinajstić information content (AvgIpc) is 3.76. The van der Waals surface area contributed by atoms with Crippen molar-refractivity contribution in [1.82, 2.24) is 20.1 Å². The molecule has 0 radical (unpaired) electrons. The van der Waals surface area contributed by atoms with Gasteiger partial charge >= 0.3 is 5.97 Å². The van der Waals surface area contributed by atoms with E-state index in [1.54, 1.807) is 41.3 Å². The molecule has 2 aromatic carbocycles. The fraction of sp³-hybridized carbons (Fsp3) is 0.280. The number of benzene rings is 2. The Bertz CT molecular complexity index is 1200. The zero-order chi connectivity index (χ0) is 25.5. The molecule has 186 valence electrons. The molecule has 36 heavy (non-hydrogen) atoms. The van der Waals surface area contributed by atoms with Gasteiger partial charge in [-0.1, -0.05) is 12.1 Å². The number of nitrogens with two attached hydrogens (primary N) is 1. The standard InChI is InChI=1S/C15H17N7O2.C10H10O2/c16-13(17)12-9-18-15(21-20-12)19-11-3-1-10(2-4-11)14(23)22-5-7-24-8-6-22;11-10(12)9-5-3-8(4-6-9)7-1-2-7/h1-4,9H,5-8H2,(H3,16,17)(H,18,19,21);3-7H,1-2H2,(H,11,12). The quantitative estimate of drug-likeness (QED) is 0.300. The molecule has 1 saturated heterocycles. The number of amides is 1. The van der Waals surface area contributed by atoms with Crippen molar-refractivity contribution in [2.24, 2.45) is 5.73 Å². The molecular weight excluding hydrogens is 462 g/mol. The van der Waals surface area contributed by atoms with Gasteiger partial charge in [-0.2, -0.15) is 0 Å². The number of aromatic carboxylic acids is 1. The van der Waals surface area contributed by atoms with E-state index >= 15 is 0 Å². The predicted molar refractivity (Wildman–Crippen MR) is 133 cm³/mol. The minimum absolute atomic E-state index is 0.00595. The third-order valence-electron chi connectivity index (χ3n) is 5.73. The SMILES string of the molecule is N=C(N)c1cnc(Nc2ccc(C(=O)N3CCOCC3)cc2)nn1.O=C(O)c1ccc(C2CC2)cc1. The molecule has 2 aliphatic rings. The average molecular weight is 490 g/mol. The lowest BCUT2D eigenvalue weighted by Crippen LogP contribution is -2.40. The first-order valence-electron chi connectivity index (χ1n) is 11.5. The maximum Gasteiger partial charge on any atom is 0.335 e. The molecule has 0 spiro atoms. The van der Waals surface area contributed by atoms with Gasteiger partial charge in [0.05, 0.1) is 25.0 Å². The minimum atomic E-state index is -0.850. The number of carboxylic acids is 1. The van der Waals surface area contributed by atoms with Crippen molar-refractivity contribution < 1.29 is 19.4 Å². The Labute approximate surface area is 207 Å². The number of carbonyl (C=O) groups is 2. The monoisotopic (exact) mass is 489 g/mol. The fourth-order valence-corrected chi connectivity index (χ4v) is 3.54. The summed E-state index contributed by atoms with van der Waals surface area (Å²) in [7, 11) is 0. The van der Waals surface area contributed by atoms with Crippen LogP contribution in [-0.4, -0.2) is 69.2 Å². The minimum Gasteiger partial charge on any atom is -0.478 e. The van der Waals surface area contributed by atoms with Gasteiger partial charge in [-0.3, -0.25) is 10.2 Å². The van der Waals surface area contributed by atoms with Gasteiger partial charge in [-0.15, -0.1) is 10.2 Å². The Hall–Kier alpha value is -4.38. The summed E-state index contributed by atoms with van der Waals surface area (Å²) in [6, 6.07) is 14.2. The highest BCUT2D eigenvalue weighted by molar-refractivity contribution is 5.94. The van der Waals surface area contributed by atoms with Crippen molar-refractivity contribution in [1.29, 1.82) is 5.41 Å². The number of nitrogens with one attached hydrogen (secondary N) is 2. The lowest BCUT2D eigenvalue weighted by Gasteiger charge is -2.26. The third kappa shape index (κ3) is 6.60. The van der Waals surface area contributed by atoms with Gasteiger partial charge in [-0.25, -0.2) is 9.78 Å². The highest BCUT2D eigenvalue weighted by Gasteiger charge is 2.23. The van der Waals surface area contributed by atoms with E-state index in [1.807, 2.05) is 12.1 Å². The van der Waals surface area contributed by atoms with Crippen molar-refractivity contribution in [3.8, 4) is 0 Å². The van der Waals surface area contributed by atoms with Crippen LogP contribution in [0, 0.1) is 5.41 Å². The molecule has 2 heterocycles. The number of nitrogens with zero attached hydrogens (tertiary/aromatic N) is 4. The van der Waals surface area contributed by atoms with Crippen LogP contribution in [0.1, 0.15) is 50.7 Å². The molecule has 2 fully saturated rings. The largest absolute Gasteiger partial charge is 0.478 e. The number of morpholine rings is 1. The molecule has 0 unspecified atom stereocenters. The third-order valence-corrected chi connectivity index (χ3v) is 5.73. The van der Waals surface area contributed by atoms with Gasteiger partial charge in [-0.05, 0) is 60.7 Å². The first-order valence-corrected chi connectivity index (χ1v) is 11.5. The van der Waals surface area contributed by atoms with Crippen LogP contribution in [-0.2, 0) is 4.74 Å². The van der Waals surface area contributed by atoms with E-state index in [-0.39, 0.29) is 23.4 Å². The maximum atomic E-state index is 12.4. The first kappa shape index (κ1) is 24.7. The van der Waals surface area contributed by atoms with E-state index in [4.69, 9.17) is 21.0 Å². The number of hydrogen-bond donors (Lipinski definition) is 4. The van der Waals surface area contributed by atoms with Crippen molar-refractivity contribution in [3.05, 3.63) is 77.1 Å². The molecule has 11 heteroatoms. The van der Waals surface area contributed by atoms with E-state index in [0.717, 1.165) is 5.69 Å². The van der Waals surface area contributed by atoms with Crippen LogP contribution in [0.2, 0.25) is 0 Å². The van der Waals surface area contributed by atoms with Crippen molar-refractivity contribution in [2.75, 3.05) is 31.6 Å². The second-order valence-corrected chi connectivity index (χ2v) is 8.39. The molecule has 3 aromatic rings. The van der Waals surface area contributed by atoms with Crippen LogP contribution < -0.4 is 11.1 Å². The molecule has 1 aliphatic heterocycles. The molecule has 1 saturated carbocycles. The summed E-state index contributed by atoms with van der Waals surface area (Å²) < 4.78 is 5.25. The molecule has 5 rings (SSSR count). The molecule has 11 nitrogen and oxygen atoms in total. The van der Waals surface area contributed by atoms with Gasteiger partial charge in [0.2, 0.25) is 5.95 Å². The van der Waals surface area contributed by atoms with Crippen LogP contribution in [0.4, 0.5) is 11.6 Å². The van der Waals surface area contributed by atoms with Crippen LogP contribution in [0.5, 0.6) is 0 Å². The van der Waals surface area contributed by atoms with Gasteiger partial charge in [0, 0.05) is 24.3 Å². The number of carboxylic acid groups (broad SMARTS) is 1. The summed E-state index contributed by atoms with van der Waals surface area (Å²) in [6.45, 7) is 2.37. The zero-order valence-corrected chi connectivity index (χ0v) is 19.6. The van der Waals surface area contributed by atoms with Crippen LogP contribution >= 0.6 is 0 Å². The second kappa shape index (κ2) is 11.4. The Balaban J connectivity index is 0.000000211. The summed E-state index contributed by atoms with van der Waals surface area (Å²) in [5, 5.41) is 26.5. The molecule has 1 aliphatic carbocycles. The van der Waals surface area contributed by atoms with E-state index in [9.17, 15) is 9.59 Å². The van der Waals surface area contributed by atoms with Gasteiger partial charge in [0.1, 0.15) is 11.5 Å². The molecule has 0 atom stereocenters. The number of nitrogen functional groups attached to an aromatic ring is 1. The number of carbonyl (C=O) groups excluding carboxylic acids is 1. The van der Waals surface area contributed by atoms with E-state index in [2.05, 4.69) is 20.5 Å². The maximum absolute atomic E-state index is 12.4. The highest BCUT2D eigenvalue weighted by atomic mass is 16.5. The van der Waals surface area contributed by atoms with Crippen molar-refractivity contribution in [3.63, 3.8) is 0 Å². The van der Waals surface area contributed by atoms with Crippen LogP contribution in [0.3, 0.4) is 0 Å². The molecule has 0 bridgehead atoms. The molecule has 1 aromatic heterocycles. The van der Waals surface area contributed by atoms with Gasteiger partial charge in [0.15, 0.2) is 0 Å². The number of rotatable bonds is 6. The van der Waals surface area contributed by atoms with Crippen LogP contribution in [0.15, 0.2) is 54.7 Å². The van der Waals surface area contributed by atoms with E-state index < -0.39 is 5.97 Å². The smallest absolute Gasteiger partial charge is 0.335 e. The van der Waals surface area contributed by atoms with Crippen LogP contribution in [0.25, 0.3) is 0 Å². The fourth-order valence-electron chi connectivity index (χ4n) is 3.54. The Kier molecular flexibility index (Phi) is 7.81. The predicted octanol–water partition coefficient (Wildman–Crippen LogP) is 2.63. The summed E-state index contributed by atoms with van der Waals surface area (Å²) in [5.41, 5.74) is 8.51. The number of anilines is 2. The topological polar surface area (TPSA) is 167 Å². The lowest BCUT2D eigenvalue weighted by atomic mass is 10.1. The normalized spacial score (nSPS) is 14.8. The van der Waals surface area contributed by atoms with E-state index in [0.29, 0.717) is 43.3 Å². The Morgan fingerprint density at radius 3 is 2.17 bits per heavy atom. The summed E-state index contributed by atoms with van der Waals surface area (Å²) in [5.74, 6) is -0.0569.